The van der Waals surface area contributed by atoms with Crippen molar-refractivity contribution in [2.45, 2.75) is 6.92 Å². The number of benzene rings is 1. The van der Waals surface area contributed by atoms with Gasteiger partial charge in [0.15, 0.2) is 0 Å². The highest BCUT2D eigenvalue weighted by molar-refractivity contribution is 5.86. The number of ether oxygens (including phenoxy) is 1. The third-order valence-electron chi connectivity index (χ3n) is 1.90. The number of anilines is 1. The number of carbonyl (C=O) groups excluding carboxylic acids is 1. The Balaban J connectivity index is 3.03. The number of aliphatic hydroxyl groups excluding tert-OH is 1. The van der Waals surface area contributed by atoms with Gasteiger partial charge in [-0.1, -0.05) is 17.9 Å². The molecular formula is C12H13NO3. The molecule has 0 saturated heterocycles. The van der Waals surface area contributed by atoms with E-state index in [0.717, 1.165) is 5.56 Å². The van der Waals surface area contributed by atoms with Crippen molar-refractivity contribution < 1.29 is 14.6 Å². The molecule has 0 heterocycles. The summed E-state index contributed by atoms with van der Waals surface area (Å²) < 4.78 is 4.51. The Morgan fingerprint density at radius 1 is 1.56 bits per heavy atom. The lowest BCUT2D eigenvalue weighted by Crippen LogP contribution is -2.12. The second-order valence-corrected chi connectivity index (χ2v) is 3.13. The molecule has 1 rings (SSSR count). The van der Waals surface area contributed by atoms with E-state index in [9.17, 15) is 4.79 Å². The molecule has 1 aromatic carbocycles. The normalized spacial score (nSPS) is 8.94. The Morgan fingerprint density at radius 3 is 2.94 bits per heavy atom. The molecular weight excluding hydrogens is 206 g/mol. The van der Waals surface area contributed by atoms with Gasteiger partial charge in [0.2, 0.25) is 0 Å². The monoisotopic (exact) mass is 219 g/mol. The van der Waals surface area contributed by atoms with Gasteiger partial charge in [-0.3, -0.25) is 5.32 Å². The Kier molecular flexibility index (Phi) is 4.37. The highest BCUT2D eigenvalue weighted by atomic mass is 16.5. The van der Waals surface area contributed by atoms with Gasteiger partial charge in [-0.2, -0.15) is 0 Å². The molecule has 0 radical (unpaired) electrons. The van der Waals surface area contributed by atoms with Crippen molar-refractivity contribution in [3.8, 4) is 11.8 Å². The highest BCUT2D eigenvalue weighted by Gasteiger charge is 2.05. The quantitative estimate of drug-likeness (QED) is 0.704. The molecule has 1 amide bonds. The molecule has 0 bridgehead atoms. The van der Waals surface area contributed by atoms with Crippen LogP contribution in [0.5, 0.6) is 0 Å². The highest BCUT2D eigenvalue weighted by Crippen LogP contribution is 2.16. The van der Waals surface area contributed by atoms with Crippen LogP contribution in [0.25, 0.3) is 0 Å². The number of hydrogen-bond acceptors (Lipinski definition) is 3. The lowest BCUT2D eigenvalue weighted by Gasteiger charge is -2.07. The third-order valence-corrected chi connectivity index (χ3v) is 1.90. The number of nitrogens with one attached hydrogen (secondary N) is 1. The van der Waals surface area contributed by atoms with Gasteiger partial charge in [-0.25, -0.2) is 4.79 Å². The fraction of sp³-hybridized carbons (Fsp3) is 0.250. The fourth-order valence-corrected chi connectivity index (χ4v) is 1.17. The van der Waals surface area contributed by atoms with Crippen molar-refractivity contribution in [1.82, 2.24) is 0 Å². The Hall–Kier alpha value is -1.99. The SMILES string of the molecule is COC(=O)Nc1cc(C)ccc1C#CCO. The predicted octanol–water partition coefficient (Wildman–Crippen LogP) is 1.52. The van der Waals surface area contributed by atoms with E-state index in [1.165, 1.54) is 7.11 Å². The second-order valence-electron chi connectivity index (χ2n) is 3.13. The molecule has 0 aliphatic rings. The van der Waals surface area contributed by atoms with Crippen molar-refractivity contribution >= 4 is 11.8 Å². The van der Waals surface area contributed by atoms with Gasteiger partial charge in [0.05, 0.1) is 12.8 Å². The van der Waals surface area contributed by atoms with Gasteiger partial charge in [-0.15, -0.1) is 0 Å². The average Bonchev–Trinajstić information content (AvgIpc) is 2.28. The van der Waals surface area contributed by atoms with E-state index in [-0.39, 0.29) is 6.61 Å². The van der Waals surface area contributed by atoms with Gasteiger partial charge < -0.3 is 9.84 Å². The molecule has 4 nitrogen and oxygen atoms in total. The van der Waals surface area contributed by atoms with E-state index in [1.807, 2.05) is 13.0 Å². The van der Waals surface area contributed by atoms with E-state index < -0.39 is 6.09 Å². The summed E-state index contributed by atoms with van der Waals surface area (Å²) in [5.74, 6) is 5.28. The number of rotatable bonds is 1. The van der Waals surface area contributed by atoms with E-state index in [2.05, 4.69) is 21.9 Å². The van der Waals surface area contributed by atoms with Crippen LogP contribution >= 0.6 is 0 Å². The molecule has 0 atom stereocenters. The van der Waals surface area contributed by atoms with Crippen LogP contribution in [0.1, 0.15) is 11.1 Å². The summed E-state index contributed by atoms with van der Waals surface area (Å²) in [6, 6.07) is 5.45. The third kappa shape index (κ3) is 3.30. The van der Waals surface area contributed by atoms with Gasteiger partial charge in [0, 0.05) is 5.56 Å². The summed E-state index contributed by atoms with van der Waals surface area (Å²) in [5, 5.41) is 11.2. The number of hydrogen-bond donors (Lipinski definition) is 2. The van der Waals surface area contributed by atoms with Gasteiger partial charge in [0.1, 0.15) is 6.61 Å². The van der Waals surface area contributed by atoms with Crippen LogP contribution < -0.4 is 5.32 Å². The average molecular weight is 219 g/mol. The van der Waals surface area contributed by atoms with E-state index >= 15 is 0 Å². The minimum atomic E-state index is -0.544. The Morgan fingerprint density at radius 2 is 2.31 bits per heavy atom. The standard InChI is InChI=1S/C12H13NO3/c1-9-5-6-10(4-3-7-14)11(8-9)13-12(15)16-2/h5-6,8,14H,7H2,1-2H3,(H,13,15). The van der Waals surface area contributed by atoms with Crippen molar-refractivity contribution in [3.05, 3.63) is 29.3 Å². The second kappa shape index (κ2) is 5.79. The van der Waals surface area contributed by atoms with Gasteiger partial charge in [0.25, 0.3) is 0 Å². The van der Waals surface area contributed by atoms with E-state index in [0.29, 0.717) is 11.3 Å². The summed E-state index contributed by atoms with van der Waals surface area (Å²) in [7, 11) is 1.30. The van der Waals surface area contributed by atoms with Crippen LogP contribution in [0.2, 0.25) is 0 Å². The van der Waals surface area contributed by atoms with Crippen LogP contribution in [-0.4, -0.2) is 24.9 Å². The summed E-state index contributed by atoms with van der Waals surface area (Å²) in [6.45, 7) is 1.69. The molecule has 0 fully saturated rings. The minimum absolute atomic E-state index is 0.217. The molecule has 0 aliphatic heterocycles. The molecule has 2 N–H and O–H groups in total. The summed E-state index contributed by atoms with van der Waals surface area (Å²) in [6.07, 6.45) is -0.544. The number of aryl methyl sites for hydroxylation is 1. The number of methoxy groups -OCH3 is 1. The van der Waals surface area contributed by atoms with Crippen LogP contribution in [0.4, 0.5) is 10.5 Å². The Labute approximate surface area is 94.2 Å². The molecule has 0 unspecified atom stereocenters. The van der Waals surface area contributed by atoms with Crippen LogP contribution in [0, 0.1) is 18.8 Å². The van der Waals surface area contributed by atoms with Crippen molar-refractivity contribution in [2.24, 2.45) is 0 Å². The number of aliphatic hydroxyl groups is 1. The Bertz CT molecular complexity index is 443. The van der Waals surface area contributed by atoms with Gasteiger partial charge in [-0.05, 0) is 24.6 Å². The molecule has 1 aromatic rings. The zero-order valence-corrected chi connectivity index (χ0v) is 9.20. The van der Waals surface area contributed by atoms with Crippen molar-refractivity contribution in [2.75, 3.05) is 19.0 Å². The predicted molar refractivity (Wildman–Crippen MR) is 61.2 cm³/mol. The minimum Gasteiger partial charge on any atom is -0.453 e. The fourth-order valence-electron chi connectivity index (χ4n) is 1.17. The number of carbonyl (C=O) groups is 1. The molecule has 16 heavy (non-hydrogen) atoms. The largest absolute Gasteiger partial charge is 0.453 e. The molecule has 84 valence electrons. The lowest BCUT2D eigenvalue weighted by atomic mass is 10.1. The smallest absolute Gasteiger partial charge is 0.411 e. The maximum atomic E-state index is 11.1. The van der Waals surface area contributed by atoms with Crippen molar-refractivity contribution in [1.29, 1.82) is 0 Å². The van der Waals surface area contributed by atoms with Crippen LogP contribution in [-0.2, 0) is 4.74 Å². The number of amides is 1. The maximum absolute atomic E-state index is 11.1. The molecule has 0 aromatic heterocycles. The summed E-state index contributed by atoms with van der Waals surface area (Å²) in [5.41, 5.74) is 2.22. The first-order valence-corrected chi connectivity index (χ1v) is 4.72. The van der Waals surface area contributed by atoms with E-state index in [4.69, 9.17) is 5.11 Å². The topological polar surface area (TPSA) is 58.6 Å². The first kappa shape index (κ1) is 12.1. The van der Waals surface area contributed by atoms with Crippen LogP contribution in [0.3, 0.4) is 0 Å². The van der Waals surface area contributed by atoms with Gasteiger partial charge >= 0.3 is 6.09 Å². The lowest BCUT2D eigenvalue weighted by molar-refractivity contribution is 0.187. The van der Waals surface area contributed by atoms with Crippen LogP contribution in [0.15, 0.2) is 18.2 Å². The zero-order valence-electron chi connectivity index (χ0n) is 9.20. The molecule has 0 saturated carbocycles. The molecule has 4 heteroatoms. The summed E-state index contributed by atoms with van der Waals surface area (Å²) >= 11 is 0. The summed E-state index contributed by atoms with van der Waals surface area (Å²) in [4.78, 5) is 11.1. The first-order chi connectivity index (χ1) is 7.67. The molecule has 0 aliphatic carbocycles. The molecule has 0 spiro atoms. The zero-order chi connectivity index (χ0) is 12.0. The first-order valence-electron chi connectivity index (χ1n) is 4.72. The van der Waals surface area contributed by atoms with Crippen molar-refractivity contribution in [3.63, 3.8) is 0 Å². The van der Waals surface area contributed by atoms with E-state index in [1.54, 1.807) is 12.1 Å². The maximum Gasteiger partial charge on any atom is 0.411 e.